The average Bonchev–Trinajstić information content (AvgIpc) is 3.00. The maximum absolute atomic E-state index is 12.8. The molecule has 0 unspecified atom stereocenters. The number of ether oxygens (including phenoxy) is 1. The Kier molecular flexibility index (Phi) is 4.95. The minimum absolute atomic E-state index is 0.189. The van der Waals surface area contributed by atoms with E-state index in [0.717, 1.165) is 7.05 Å². The molecule has 0 saturated heterocycles. The first-order valence-corrected chi connectivity index (χ1v) is 6.83. The lowest BCUT2D eigenvalue weighted by atomic mass is 10.3. The van der Waals surface area contributed by atoms with Crippen molar-refractivity contribution in [3.05, 3.63) is 28.8 Å². The maximum atomic E-state index is 12.8. The quantitative estimate of drug-likeness (QED) is 0.898. The van der Waals surface area contributed by atoms with E-state index in [1.807, 2.05) is 6.92 Å². The van der Waals surface area contributed by atoms with E-state index >= 15 is 0 Å². The molecule has 0 fully saturated rings. The van der Waals surface area contributed by atoms with Crippen molar-refractivity contribution < 1.29 is 22.7 Å². The Labute approximate surface area is 134 Å². The van der Waals surface area contributed by atoms with Crippen LogP contribution in [0.3, 0.4) is 0 Å². The third kappa shape index (κ3) is 3.82. The van der Waals surface area contributed by atoms with Crippen molar-refractivity contribution in [3.8, 4) is 0 Å². The molecule has 11 heteroatoms. The predicted octanol–water partition coefficient (Wildman–Crippen LogP) is 2.54. The third-order valence-corrected chi connectivity index (χ3v) is 3.15. The minimum atomic E-state index is -4.71. The van der Waals surface area contributed by atoms with Crippen molar-refractivity contribution >= 4 is 23.2 Å². The number of aryl methyl sites for hydroxylation is 1. The molecule has 0 aliphatic heterocycles. The van der Waals surface area contributed by atoms with Crippen molar-refractivity contribution in [2.75, 3.05) is 11.9 Å². The Balaban J connectivity index is 2.17. The van der Waals surface area contributed by atoms with Crippen LogP contribution >= 0.6 is 11.6 Å². The van der Waals surface area contributed by atoms with E-state index in [-0.39, 0.29) is 12.4 Å². The molecule has 0 aromatic carbocycles. The standard InChI is InChI=1S/C12H13ClF3N5O2/c1-3-23-6-21-5-7(4-17-21)18-11(22)9-8(13)10(12(14,15)16)20(2)19-9/h4-5H,3,6H2,1-2H3,(H,18,22). The molecule has 0 aliphatic carbocycles. The van der Waals surface area contributed by atoms with Gasteiger partial charge in [0.2, 0.25) is 0 Å². The zero-order chi connectivity index (χ0) is 17.2. The van der Waals surface area contributed by atoms with Gasteiger partial charge in [0.25, 0.3) is 5.91 Å². The lowest BCUT2D eigenvalue weighted by Crippen LogP contribution is -2.13. The van der Waals surface area contributed by atoms with Crippen molar-refractivity contribution in [2.45, 2.75) is 19.8 Å². The number of rotatable bonds is 5. The van der Waals surface area contributed by atoms with Crippen LogP contribution in [0.25, 0.3) is 0 Å². The molecule has 0 bridgehead atoms. The third-order valence-electron chi connectivity index (χ3n) is 2.79. The lowest BCUT2D eigenvalue weighted by molar-refractivity contribution is -0.143. The summed E-state index contributed by atoms with van der Waals surface area (Å²) in [6.45, 7) is 2.49. The molecular weight excluding hydrogens is 339 g/mol. The van der Waals surface area contributed by atoms with Gasteiger partial charge in [-0.05, 0) is 6.92 Å². The Morgan fingerprint density at radius 3 is 2.74 bits per heavy atom. The lowest BCUT2D eigenvalue weighted by Gasteiger charge is -2.06. The smallest absolute Gasteiger partial charge is 0.360 e. The van der Waals surface area contributed by atoms with Gasteiger partial charge < -0.3 is 10.1 Å². The van der Waals surface area contributed by atoms with E-state index in [1.165, 1.54) is 17.1 Å². The summed E-state index contributed by atoms with van der Waals surface area (Å²) in [5.74, 6) is -0.864. The van der Waals surface area contributed by atoms with Crippen LogP contribution in [0.1, 0.15) is 23.1 Å². The number of carbonyl (C=O) groups excluding carboxylic acids is 1. The second kappa shape index (κ2) is 6.59. The molecule has 0 spiro atoms. The van der Waals surface area contributed by atoms with Crippen LogP contribution in [0.4, 0.5) is 18.9 Å². The highest BCUT2D eigenvalue weighted by atomic mass is 35.5. The molecule has 2 heterocycles. The van der Waals surface area contributed by atoms with Gasteiger partial charge in [0.15, 0.2) is 11.4 Å². The van der Waals surface area contributed by atoms with Crippen LogP contribution in [0.5, 0.6) is 0 Å². The fourth-order valence-corrected chi connectivity index (χ4v) is 2.18. The fraction of sp³-hybridized carbons (Fsp3) is 0.417. The molecule has 126 valence electrons. The average molecular weight is 352 g/mol. The normalized spacial score (nSPS) is 11.7. The van der Waals surface area contributed by atoms with Gasteiger partial charge in [0.05, 0.1) is 18.1 Å². The highest BCUT2D eigenvalue weighted by Crippen LogP contribution is 2.36. The molecule has 1 N–H and O–H groups in total. The summed E-state index contributed by atoms with van der Waals surface area (Å²) in [5.41, 5.74) is -1.42. The highest BCUT2D eigenvalue weighted by molar-refractivity contribution is 6.34. The second-order valence-corrected chi connectivity index (χ2v) is 4.86. The fourth-order valence-electron chi connectivity index (χ4n) is 1.82. The van der Waals surface area contributed by atoms with E-state index < -0.39 is 28.5 Å². The van der Waals surface area contributed by atoms with E-state index in [0.29, 0.717) is 11.3 Å². The summed E-state index contributed by atoms with van der Waals surface area (Å²) >= 11 is 5.64. The van der Waals surface area contributed by atoms with E-state index in [4.69, 9.17) is 16.3 Å². The highest BCUT2D eigenvalue weighted by Gasteiger charge is 2.40. The summed E-state index contributed by atoms with van der Waals surface area (Å²) in [6, 6.07) is 0. The van der Waals surface area contributed by atoms with Crippen molar-refractivity contribution in [1.29, 1.82) is 0 Å². The maximum Gasteiger partial charge on any atom is 0.434 e. The molecule has 0 saturated carbocycles. The van der Waals surface area contributed by atoms with Gasteiger partial charge in [-0.2, -0.15) is 23.4 Å². The zero-order valence-electron chi connectivity index (χ0n) is 12.2. The number of anilines is 1. The van der Waals surface area contributed by atoms with Gasteiger partial charge in [-0.15, -0.1) is 0 Å². The van der Waals surface area contributed by atoms with Crippen LogP contribution in [0.15, 0.2) is 12.4 Å². The first kappa shape index (κ1) is 17.3. The minimum Gasteiger partial charge on any atom is -0.360 e. The van der Waals surface area contributed by atoms with Gasteiger partial charge in [-0.25, -0.2) is 4.68 Å². The first-order valence-electron chi connectivity index (χ1n) is 6.45. The zero-order valence-corrected chi connectivity index (χ0v) is 12.9. The molecule has 0 atom stereocenters. The van der Waals surface area contributed by atoms with Crippen LogP contribution < -0.4 is 5.32 Å². The van der Waals surface area contributed by atoms with E-state index in [2.05, 4.69) is 15.5 Å². The number of alkyl halides is 3. The molecule has 0 aliphatic rings. The molecule has 2 aromatic heterocycles. The number of hydrogen-bond acceptors (Lipinski definition) is 4. The predicted molar refractivity (Wildman–Crippen MR) is 75.0 cm³/mol. The number of hydrogen-bond donors (Lipinski definition) is 1. The molecule has 2 aromatic rings. The molecule has 1 amide bonds. The summed E-state index contributed by atoms with van der Waals surface area (Å²) in [4.78, 5) is 12.0. The second-order valence-electron chi connectivity index (χ2n) is 4.48. The van der Waals surface area contributed by atoms with Gasteiger partial charge in [-0.3, -0.25) is 9.48 Å². The summed E-state index contributed by atoms with van der Waals surface area (Å²) in [7, 11) is 1.06. The Bertz CT molecular complexity index is 710. The van der Waals surface area contributed by atoms with Gasteiger partial charge in [-0.1, -0.05) is 11.6 Å². The van der Waals surface area contributed by atoms with Gasteiger partial charge in [0.1, 0.15) is 11.8 Å². The van der Waals surface area contributed by atoms with Crippen LogP contribution in [0.2, 0.25) is 5.02 Å². The van der Waals surface area contributed by atoms with Crippen LogP contribution in [-0.2, 0) is 24.7 Å². The van der Waals surface area contributed by atoms with Crippen LogP contribution in [-0.4, -0.2) is 32.1 Å². The molecule has 2 rings (SSSR count). The number of amides is 1. The van der Waals surface area contributed by atoms with E-state index in [1.54, 1.807) is 0 Å². The largest absolute Gasteiger partial charge is 0.434 e. The molecule has 23 heavy (non-hydrogen) atoms. The molecular formula is C12H13ClF3N5O2. The number of halogens is 4. The molecule has 7 nitrogen and oxygen atoms in total. The number of carbonyl (C=O) groups is 1. The Hall–Kier alpha value is -2.07. The summed E-state index contributed by atoms with van der Waals surface area (Å²) in [5, 5.41) is 9.08. The summed E-state index contributed by atoms with van der Waals surface area (Å²) in [6.07, 6.45) is -1.91. The van der Waals surface area contributed by atoms with Crippen molar-refractivity contribution in [1.82, 2.24) is 19.6 Å². The van der Waals surface area contributed by atoms with Crippen molar-refractivity contribution in [2.24, 2.45) is 7.05 Å². The number of aromatic nitrogens is 4. The summed E-state index contributed by atoms with van der Waals surface area (Å²) < 4.78 is 45.6. The van der Waals surface area contributed by atoms with E-state index in [9.17, 15) is 18.0 Å². The number of nitrogens with one attached hydrogen (secondary N) is 1. The monoisotopic (exact) mass is 351 g/mol. The number of nitrogens with zero attached hydrogens (tertiary/aromatic N) is 4. The van der Waals surface area contributed by atoms with Crippen LogP contribution in [0, 0.1) is 0 Å². The van der Waals surface area contributed by atoms with Gasteiger partial charge >= 0.3 is 6.18 Å². The van der Waals surface area contributed by atoms with Gasteiger partial charge in [0, 0.05) is 13.7 Å². The SMILES string of the molecule is CCOCn1cc(NC(=O)c2nn(C)c(C(F)(F)F)c2Cl)cn1. The Morgan fingerprint density at radius 2 is 2.17 bits per heavy atom. The Morgan fingerprint density at radius 1 is 1.48 bits per heavy atom. The molecule has 0 radical (unpaired) electrons. The topological polar surface area (TPSA) is 74.0 Å². The first-order chi connectivity index (χ1) is 10.7. The van der Waals surface area contributed by atoms with Crippen molar-refractivity contribution in [3.63, 3.8) is 0 Å².